The van der Waals surface area contributed by atoms with E-state index >= 15 is 0 Å². The summed E-state index contributed by atoms with van der Waals surface area (Å²) < 4.78 is 39.0. The molecule has 1 aliphatic carbocycles. The zero-order valence-electron chi connectivity index (χ0n) is 18.1. The number of para-hydroxylation sites is 1. The molecule has 0 saturated heterocycles. The van der Waals surface area contributed by atoms with Gasteiger partial charge in [-0.25, -0.2) is 4.79 Å². The summed E-state index contributed by atoms with van der Waals surface area (Å²) in [6.07, 6.45) is 1.13. The van der Waals surface area contributed by atoms with E-state index in [2.05, 4.69) is 16.0 Å². The Morgan fingerprint density at radius 3 is 2.21 bits per heavy atom. The second-order valence-corrected chi connectivity index (χ2v) is 8.29. The van der Waals surface area contributed by atoms with Crippen LogP contribution in [0.1, 0.15) is 49.1 Å². The van der Waals surface area contributed by atoms with Crippen molar-refractivity contribution in [2.75, 3.05) is 16.0 Å². The molecule has 1 aliphatic rings. The van der Waals surface area contributed by atoms with Crippen molar-refractivity contribution in [3.05, 3.63) is 83.9 Å². The van der Waals surface area contributed by atoms with Gasteiger partial charge in [0.2, 0.25) is 0 Å². The lowest BCUT2D eigenvalue weighted by Crippen LogP contribution is -2.21. The molecule has 3 aromatic rings. The number of amides is 2. The van der Waals surface area contributed by atoms with Gasteiger partial charge in [-0.1, -0.05) is 49.6 Å². The van der Waals surface area contributed by atoms with Crippen LogP contribution in [0.25, 0.3) is 0 Å². The Labute approximate surface area is 191 Å². The number of urea groups is 1. The van der Waals surface area contributed by atoms with Crippen molar-refractivity contribution in [2.24, 2.45) is 0 Å². The van der Waals surface area contributed by atoms with Crippen molar-refractivity contribution in [1.29, 1.82) is 0 Å². The molecule has 1 saturated carbocycles. The molecule has 0 unspecified atom stereocenters. The third-order valence-corrected chi connectivity index (χ3v) is 5.86. The lowest BCUT2D eigenvalue weighted by Gasteiger charge is -2.25. The first-order valence-corrected chi connectivity index (χ1v) is 11.1. The minimum absolute atomic E-state index is 0.0834. The Hall–Kier alpha value is -3.48. The van der Waals surface area contributed by atoms with Gasteiger partial charge in [0.15, 0.2) is 0 Å². The summed E-state index contributed by atoms with van der Waals surface area (Å²) in [6.45, 7) is 0. The van der Waals surface area contributed by atoms with Crippen LogP contribution in [0.15, 0.2) is 72.8 Å². The van der Waals surface area contributed by atoms with Crippen molar-refractivity contribution in [1.82, 2.24) is 0 Å². The third-order valence-electron chi connectivity index (χ3n) is 5.86. The Morgan fingerprint density at radius 1 is 0.758 bits per heavy atom. The molecule has 0 aromatic heterocycles. The molecule has 1 fully saturated rings. The fraction of sp³-hybridized carbons (Fsp3) is 0.269. The Balaban J connectivity index is 1.55. The Morgan fingerprint density at radius 2 is 1.48 bits per heavy atom. The van der Waals surface area contributed by atoms with Gasteiger partial charge in [0.25, 0.3) is 0 Å². The van der Waals surface area contributed by atoms with Crippen LogP contribution in [0.5, 0.6) is 0 Å². The van der Waals surface area contributed by atoms with Crippen LogP contribution in [0.2, 0.25) is 0 Å². The maximum Gasteiger partial charge on any atom is 0.416 e. The highest BCUT2D eigenvalue weighted by Crippen LogP contribution is 2.38. The average Bonchev–Trinajstić information content (AvgIpc) is 2.80. The summed E-state index contributed by atoms with van der Waals surface area (Å²) in [7, 11) is 0. The standard InChI is InChI=1S/C26H26F3N3O/c27-26(28,29)19-10-7-13-21(16-19)31-25(33)32-24-17-22(30-20-11-5-2-6-12-20)14-15-23(24)18-8-3-1-4-9-18/h2,5-7,10-18,30H,1,3-4,8-9H2,(H2,31,32,33). The van der Waals surface area contributed by atoms with Crippen molar-refractivity contribution in [3.8, 4) is 0 Å². The number of halogens is 3. The van der Waals surface area contributed by atoms with E-state index < -0.39 is 17.8 Å². The van der Waals surface area contributed by atoms with Gasteiger partial charge in [0, 0.05) is 22.7 Å². The van der Waals surface area contributed by atoms with Gasteiger partial charge in [-0.3, -0.25) is 0 Å². The molecule has 4 rings (SSSR count). The fourth-order valence-corrected chi connectivity index (χ4v) is 4.26. The molecule has 0 bridgehead atoms. The molecular formula is C26H26F3N3O. The molecule has 0 spiro atoms. The summed E-state index contributed by atoms with van der Waals surface area (Å²) >= 11 is 0. The van der Waals surface area contributed by atoms with Gasteiger partial charge in [0.05, 0.1) is 5.56 Å². The quantitative estimate of drug-likeness (QED) is 0.365. The molecule has 7 heteroatoms. The molecule has 4 nitrogen and oxygen atoms in total. The van der Waals surface area contributed by atoms with E-state index in [0.717, 1.165) is 54.8 Å². The van der Waals surface area contributed by atoms with E-state index in [4.69, 9.17) is 0 Å². The van der Waals surface area contributed by atoms with Crippen LogP contribution in [0, 0.1) is 0 Å². The third kappa shape index (κ3) is 6.06. The number of alkyl halides is 3. The predicted octanol–water partition coefficient (Wildman–Crippen LogP) is 8.14. The minimum Gasteiger partial charge on any atom is -0.355 e. The van der Waals surface area contributed by atoms with Crippen LogP contribution in [0.3, 0.4) is 0 Å². The first-order valence-electron chi connectivity index (χ1n) is 11.1. The Bertz CT molecular complexity index is 1090. The summed E-state index contributed by atoms with van der Waals surface area (Å²) in [5.74, 6) is 0.341. The largest absolute Gasteiger partial charge is 0.416 e. The number of anilines is 4. The summed E-state index contributed by atoms with van der Waals surface area (Å²) in [5.41, 5.74) is 2.72. The summed E-state index contributed by atoms with van der Waals surface area (Å²) in [4.78, 5) is 12.7. The highest BCUT2D eigenvalue weighted by molar-refractivity contribution is 6.00. The topological polar surface area (TPSA) is 53.2 Å². The normalized spacial score (nSPS) is 14.5. The monoisotopic (exact) mass is 453 g/mol. The van der Waals surface area contributed by atoms with E-state index in [9.17, 15) is 18.0 Å². The summed E-state index contributed by atoms with van der Waals surface area (Å²) in [5, 5.41) is 8.73. The van der Waals surface area contributed by atoms with Crippen LogP contribution in [0.4, 0.5) is 40.7 Å². The second kappa shape index (κ2) is 9.98. The van der Waals surface area contributed by atoms with Gasteiger partial charge in [-0.15, -0.1) is 0 Å². The van der Waals surface area contributed by atoms with E-state index in [1.165, 1.54) is 18.6 Å². The van der Waals surface area contributed by atoms with Gasteiger partial charge < -0.3 is 16.0 Å². The van der Waals surface area contributed by atoms with E-state index in [0.29, 0.717) is 11.6 Å². The van der Waals surface area contributed by atoms with Crippen molar-refractivity contribution < 1.29 is 18.0 Å². The minimum atomic E-state index is -4.47. The molecule has 33 heavy (non-hydrogen) atoms. The molecule has 0 radical (unpaired) electrons. The number of nitrogens with one attached hydrogen (secondary N) is 3. The molecule has 2 amide bonds. The van der Waals surface area contributed by atoms with Crippen LogP contribution in [-0.2, 0) is 6.18 Å². The smallest absolute Gasteiger partial charge is 0.355 e. The zero-order valence-corrected chi connectivity index (χ0v) is 18.1. The molecule has 0 aliphatic heterocycles. The van der Waals surface area contributed by atoms with Crippen molar-refractivity contribution in [2.45, 2.75) is 44.2 Å². The van der Waals surface area contributed by atoms with Gasteiger partial charge in [-0.05, 0) is 66.8 Å². The van der Waals surface area contributed by atoms with Crippen molar-refractivity contribution in [3.63, 3.8) is 0 Å². The predicted molar refractivity (Wildman–Crippen MR) is 126 cm³/mol. The Kier molecular flexibility index (Phi) is 6.87. The highest BCUT2D eigenvalue weighted by Gasteiger charge is 2.30. The number of carbonyl (C=O) groups excluding carboxylic acids is 1. The first kappa shape index (κ1) is 22.7. The van der Waals surface area contributed by atoms with Crippen LogP contribution < -0.4 is 16.0 Å². The van der Waals surface area contributed by atoms with Crippen LogP contribution in [-0.4, -0.2) is 6.03 Å². The molecule has 172 valence electrons. The summed E-state index contributed by atoms with van der Waals surface area (Å²) in [6, 6.07) is 19.6. The van der Waals surface area contributed by atoms with E-state index in [-0.39, 0.29) is 5.69 Å². The number of carbonyl (C=O) groups is 1. The molecule has 3 aromatic carbocycles. The number of hydrogen-bond acceptors (Lipinski definition) is 2. The average molecular weight is 454 g/mol. The molecule has 3 N–H and O–H groups in total. The number of hydrogen-bond donors (Lipinski definition) is 3. The molecule has 0 atom stereocenters. The molecular weight excluding hydrogens is 427 g/mol. The number of rotatable bonds is 5. The SMILES string of the molecule is O=C(Nc1cccc(C(F)(F)F)c1)Nc1cc(Nc2ccccc2)ccc1C1CCCCC1. The maximum atomic E-state index is 13.0. The first-order chi connectivity index (χ1) is 15.9. The molecule has 0 heterocycles. The highest BCUT2D eigenvalue weighted by atomic mass is 19.4. The van der Waals surface area contributed by atoms with Crippen LogP contribution >= 0.6 is 0 Å². The second-order valence-electron chi connectivity index (χ2n) is 8.29. The van der Waals surface area contributed by atoms with Gasteiger partial charge >= 0.3 is 12.2 Å². The van der Waals surface area contributed by atoms with Gasteiger partial charge in [0.1, 0.15) is 0 Å². The maximum absolute atomic E-state index is 13.0. The van der Waals surface area contributed by atoms with E-state index in [1.807, 2.05) is 48.5 Å². The zero-order chi connectivity index (χ0) is 23.3. The fourth-order valence-electron chi connectivity index (χ4n) is 4.26. The van der Waals surface area contributed by atoms with Gasteiger partial charge in [-0.2, -0.15) is 13.2 Å². The van der Waals surface area contributed by atoms with Crippen molar-refractivity contribution >= 4 is 28.8 Å². The van der Waals surface area contributed by atoms with E-state index in [1.54, 1.807) is 0 Å². The lowest BCUT2D eigenvalue weighted by atomic mass is 9.83. The lowest BCUT2D eigenvalue weighted by molar-refractivity contribution is -0.137. The number of benzene rings is 3.